The monoisotopic (exact) mass is 537 g/mol. The van der Waals surface area contributed by atoms with Gasteiger partial charge in [0.05, 0.1) is 0 Å². The maximum atomic E-state index is 4.83. The molecule has 8 heteroatoms. The van der Waals surface area contributed by atoms with Crippen molar-refractivity contribution < 1.29 is 0 Å². The van der Waals surface area contributed by atoms with E-state index in [1.807, 2.05) is 0 Å². The second-order valence-electron chi connectivity index (χ2n) is 8.37. The highest BCUT2D eigenvalue weighted by Gasteiger charge is 2.20. The molecule has 1 aromatic heterocycles. The average molecular weight is 537 g/mol. The van der Waals surface area contributed by atoms with Crippen molar-refractivity contribution in [1.82, 2.24) is 30.3 Å². The number of hydrogen-bond acceptors (Lipinski definition) is 4. The van der Waals surface area contributed by atoms with Crippen LogP contribution in [0.25, 0.3) is 0 Å². The molecule has 2 aliphatic rings. The molecular weight excluding hydrogens is 501 g/mol. The van der Waals surface area contributed by atoms with E-state index in [0.29, 0.717) is 12.6 Å². The fourth-order valence-electron chi connectivity index (χ4n) is 4.40. The van der Waals surface area contributed by atoms with Crippen LogP contribution in [0.4, 0.5) is 0 Å². The fourth-order valence-corrected chi connectivity index (χ4v) is 4.40. The van der Waals surface area contributed by atoms with Gasteiger partial charge in [0.1, 0.15) is 12.4 Å². The minimum Gasteiger partial charge on any atom is -0.357 e. The van der Waals surface area contributed by atoms with Crippen LogP contribution >= 0.6 is 24.0 Å². The van der Waals surface area contributed by atoms with Crippen molar-refractivity contribution >= 4 is 29.9 Å². The molecule has 4 rings (SSSR count). The van der Waals surface area contributed by atoms with Crippen molar-refractivity contribution in [1.29, 1.82) is 0 Å². The highest BCUT2D eigenvalue weighted by Crippen LogP contribution is 2.16. The molecular formula is C23H36IN7. The topological polar surface area (TPSA) is 70.4 Å². The quantitative estimate of drug-likeness (QED) is 0.336. The van der Waals surface area contributed by atoms with E-state index in [1.165, 1.54) is 24.8 Å². The number of benzene rings is 1. The Bertz CT molecular complexity index is 813. The Hall–Kier alpha value is -1.68. The molecule has 31 heavy (non-hydrogen) atoms. The molecule has 0 saturated carbocycles. The lowest BCUT2D eigenvalue weighted by Crippen LogP contribution is -2.48. The number of halogens is 1. The number of nitrogens with zero attached hydrogens (tertiary/aromatic N) is 5. The van der Waals surface area contributed by atoms with Gasteiger partial charge >= 0.3 is 0 Å². The van der Waals surface area contributed by atoms with E-state index in [0.717, 1.165) is 69.6 Å². The summed E-state index contributed by atoms with van der Waals surface area (Å²) in [6.07, 6.45) is 7.02. The smallest absolute Gasteiger partial charge is 0.191 e. The lowest BCUT2D eigenvalue weighted by atomic mass is 10.0. The minimum atomic E-state index is 0. The number of nitrogens with one attached hydrogen (secondary N) is 2. The molecule has 170 valence electrons. The van der Waals surface area contributed by atoms with Crippen molar-refractivity contribution in [3.8, 4) is 0 Å². The molecule has 0 atom stereocenters. The van der Waals surface area contributed by atoms with E-state index in [-0.39, 0.29) is 24.0 Å². The molecule has 0 spiro atoms. The predicted octanol–water partition coefficient (Wildman–Crippen LogP) is 3.34. The molecule has 2 N–H and O–H groups in total. The fraction of sp³-hybridized carbons (Fsp3) is 0.609. The molecule has 0 aliphatic carbocycles. The predicted molar refractivity (Wildman–Crippen MR) is 136 cm³/mol. The number of likely N-dealkylation sites (tertiary alicyclic amines) is 1. The molecule has 0 amide bonds. The number of aliphatic imine (C=N–C) groups is 1. The Morgan fingerprint density at radius 3 is 2.65 bits per heavy atom. The average Bonchev–Trinajstić information content (AvgIpc) is 3.00. The first kappa shape index (κ1) is 24.0. The van der Waals surface area contributed by atoms with Gasteiger partial charge < -0.3 is 15.2 Å². The summed E-state index contributed by atoms with van der Waals surface area (Å²) in [6, 6.07) is 11.2. The van der Waals surface area contributed by atoms with E-state index >= 15 is 0 Å². The molecule has 2 aliphatic heterocycles. The standard InChI is InChI=1S/C23H35N7.HI/c1-2-24-23(25-17-22-28-27-21-11-7-4-8-14-30(21)22)26-20-12-15-29(16-13-20)18-19-9-5-3-6-10-19;/h3,5-6,9-10,20H,2,4,7-8,11-18H2,1H3,(H2,24,25,26);1H. The Morgan fingerprint density at radius 1 is 1.06 bits per heavy atom. The van der Waals surface area contributed by atoms with Gasteiger partial charge in [0, 0.05) is 45.2 Å². The van der Waals surface area contributed by atoms with Gasteiger partial charge in [-0.1, -0.05) is 36.8 Å². The van der Waals surface area contributed by atoms with Gasteiger partial charge in [0.15, 0.2) is 11.8 Å². The lowest BCUT2D eigenvalue weighted by molar-refractivity contribution is 0.198. The van der Waals surface area contributed by atoms with Crippen molar-refractivity contribution in [3.05, 3.63) is 47.5 Å². The summed E-state index contributed by atoms with van der Waals surface area (Å²) in [5.41, 5.74) is 1.39. The van der Waals surface area contributed by atoms with Crippen LogP contribution in [0.2, 0.25) is 0 Å². The normalized spacial score (nSPS) is 18.0. The van der Waals surface area contributed by atoms with Crippen LogP contribution in [0.15, 0.2) is 35.3 Å². The molecule has 7 nitrogen and oxygen atoms in total. The highest BCUT2D eigenvalue weighted by molar-refractivity contribution is 14.0. The summed E-state index contributed by atoms with van der Waals surface area (Å²) < 4.78 is 2.28. The first-order valence-electron chi connectivity index (χ1n) is 11.5. The molecule has 0 radical (unpaired) electrons. The van der Waals surface area contributed by atoms with Crippen molar-refractivity contribution in [3.63, 3.8) is 0 Å². The summed E-state index contributed by atoms with van der Waals surface area (Å²) in [5.74, 6) is 3.01. The van der Waals surface area contributed by atoms with Crippen LogP contribution in [-0.4, -0.2) is 51.3 Å². The van der Waals surface area contributed by atoms with Crippen molar-refractivity contribution in [2.24, 2.45) is 4.99 Å². The number of aryl methyl sites for hydroxylation is 1. The van der Waals surface area contributed by atoms with Gasteiger partial charge in [-0.15, -0.1) is 34.2 Å². The molecule has 3 heterocycles. The third-order valence-corrected chi connectivity index (χ3v) is 6.09. The molecule has 1 saturated heterocycles. The number of rotatable bonds is 6. The lowest BCUT2D eigenvalue weighted by Gasteiger charge is -2.33. The number of piperidine rings is 1. The van der Waals surface area contributed by atoms with Gasteiger partial charge in [-0.3, -0.25) is 4.90 Å². The van der Waals surface area contributed by atoms with E-state index < -0.39 is 0 Å². The van der Waals surface area contributed by atoms with Gasteiger partial charge in [0.25, 0.3) is 0 Å². The highest BCUT2D eigenvalue weighted by atomic mass is 127. The molecule has 0 bridgehead atoms. The van der Waals surface area contributed by atoms with E-state index in [4.69, 9.17) is 4.99 Å². The van der Waals surface area contributed by atoms with E-state index in [2.05, 4.69) is 67.6 Å². The largest absolute Gasteiger partial charge is 0.357 e. The third kappa shape index (κ3) is 6.90. The molecule has 1 aromatic carbocycles. The van der Waals surface area contributed by atoms with Crippen molar-refractivity contribution in [2.45, 2.75) is 71.1 Å². The summed E-state index contributed by atoms with van der Waals surface area (Å²) in [7, 11) is 0. The van der Waals surface area contributed by atoms with Crippen molar-refractivity contribution in [2.75, 3.05) is 19.6 Å². The van der Waals surface area contributed by atoms with E-state index in [9.17, 15) is 0 Å². The van der Waals surface area contributed by atoms with Crippen LogP contribution in [0.1, 0.15) is 56.2 Å². The molecule has 1 fully saturated rings. The first-order valence-corrected chi connectivity index (χ1v) is 11.5. The maximum Gasteiger partial charge on any atom is 0.191 e. The second-order valence-corrected chi connectivity index (χ2v) is 8.37. The number of hydrogen-bond donors (Lipinski definition) is 2. The number of guanidine groups is 1. The second kappa shape index (κ2) is 12.4. The summed E-state index contributed by atoms with van der Waals surface area (Å²) in [5, 5.41) is 15.9. The zero-order valence-electron chi connectivity index (χ0n) is 18.6. The minimum absolute atomic E-state index is 0. The van der Waals surface area contributed by atoms with Gasteiger partial charge in [-0.25, -0.2) is 4.99 Å². The van der Waals surface area contributed by atoms with Crippen LogP contribution in [0.3, 0.4) is 0 Å². The van der Waals surface area contributed by atoms with Crippen LogP contribution in [-0.2, 0) is 26.1 Å². The van der Waals surface area contributed by atoms with E-state index in [1.54, 1.807) is 0 Å². The summed E-state index contributed by atoms with van der Waals surface area (Å²) in [6.45, 7) is 7.85. The number of fused-ring (bicyclic) bond motifs is 1. The van der Waals surface area contributed by atoms with Gasteiger partial charge in [-0.05, 0) is 38.2 Å². The first-order chi connectivity index (χ1) is 14.8. The molecule has 0 unspecified atom stereocenters. The Morgan fingerprint density at radius 2 is 1.87 bits per heavy atom. The number of aromatic nitrogens is 3. The Labute approximate surface area is 203 Å². The summed E-state index contributed by atoms with van der Waals surface area (Å²) in [4.78, 5) is 7.38. The SMILES string of the molecule is CCNC(=NCc1nnc2n1CCCCC2)NC1CCN(Cc2ccccc2)CC1.I. The van der Waals surface area contributed by atoms with Gasteiger partial charge in [0.2, 0.25) is 0 Å². The summed E-state index contributed by atoms with van der Waals surface area (Å²) >= 11 is 0. The maximum absolute atomic E-state index is 4.83. The zero-order chi connectivity index (χ0) is 20.6. The Kier molecular flexibility index (Phi) is 9.57. The zero-order valence-corrected chi connectivity index (χ0v) is 20.9. The van der Waals surface area contributed by atoms with Gasteiger partial charge in [-0.2, -0.15) is 0 Å². The third-order valence-electron chi connectivity index (χ3n) is 6.09. The van der Waals surface area contributed by atoms with Crippen LogP contribution in [0, 0.1) is 0 Å². The van der Waals surface area contributed by atoms with Crippen LogP contribution in [0.5, 0.6) is 0 Å². The van der Waals surface area contributed by atoms with Crippen LogP contribution < -0.4 is 10.6 Å². The Balaban J connectivity index is 0.00000272. The molecule has 2 aromatic rings.